The summed E-state index contributed by atoms with van der Waals surface area (Å²) in [5, 5.41) is 8.42. The Morgan fingerprint density at radius 1 is 0.727 bits per heavy atom. The molecule has 0 fully saturated rings. The molecular weight excluding hydrogens is 272 g/mol. The molecule has 0 aromatic heterocycles. The number of allylic oxidation sites excluding steroid dienone is 3. The van der Waals surface area contributed by atoms with Gasteiger partial charge in [0.2, 0.25) is 0 Å². The fraction of sp³-hybridized carbons (Fsp3) is 0.750. The van der Waals surface area contributed by atoms with E-state index < -0.39 is 5.97 Å². The molecule has 0 rings (SSSR count). The third kappa shape index (κ3) is 18.9. The first-order valence-electron chi connectivity index (χ1n) is 9.33. The van der Waals surface area contributed by atoms with Crippen LogP contribution in [0.15, 0.2) is 24.3 Å². The van der Waals surface area contributed by atoms with E-state index in [-0.39, 0.29) is 0 Å². The highest BCUT2D eigenvalue weighted by Gasteiger charge is 1.93. The van der Waals surface area contributed by atoms with Gasteiger partial charge >= 0.3 is 5.97 Å². The second-order valence-electron chi connectivity index (χ2n) is 6.16. The zero-order chi connectivity index (χ0) is 16.3. The van der Waals surface area contributed by atoms with Crippen molar-refractivity contribution in [2.24, 2.45) is 0 Å². The quantitative estimate of drug-likeness (QED) is 0.196. The van der Waals surface area contributed by atoms with Gasteiger partial charge in [-0.05, 0) is 12.8 Å². The second kappa shape index (κ2) is 18.0. The van der Waals surface area contributed by atoms with E-state index in [4.69, 9.17) is 5.11 Å². The fourth-order valence-electron chi connectivity index (χ4n) is 2.59. The predicted octanol–water partition coefficient (Wildman–Crippen LogP) is 6.66. The van der Waals surface area contributed by atoms with Gasteiger partial charge in [0.05, 0.1) is 0 Å². The fourth-order valence-corrected chi connectivity index (χ4v) is 2.59. The van der Waals surface area contributed by atoms with Crippen molar-refractivity contribution in [3.8, 4) is 0 Å². The van der Waals surface area contributed by atoms with Crippen LogP contribution in [0.2, 0.25) is 0 Å². The van der Waals surface area contributed by atoms with Gasteiger partial charge in [0.1, 0.15) is 0 Å². The summed E-state index contributed by atoms with van der Waals surface area (Å²) in [4.78, 5) is 10.2. The first kappa shape index (κ1) is 20.9. The molecule has 0 aliphatic rings. The van der Waals surface area contributed by atoms with Crippen LogP contribution < -0.4 is 0 Å². The minimum Gasteiger partial charge on any atom is -0.478 e. The Bertz CT molecular complexity index is 292. The van der Waals surface area contributed by atoms with Gasteiger partial charge in [-0.3, -0.25) is 0 Å². The molecule has 22 heavy (non-hydrogen) atoms. The SMILES string of the molecule is CCCCCCCCCCCCCCCC=C/C=C\C(=O)O. The highest BCUT2D eigenvalue weighted by molar-refractivity contribution is 5.80. The monoisotopic (exact) mass is 308 g/mol. The van der Waals surface area contributed by atoms with Gasteiger partial charge in [-0.15, -0.1) is 0 Å². The molecule has 0 amide bonds. The molecule has 0 atom stereocenters. The average Bonchev–Trinajstić information content (AvgIpc) is 2.50. The molecule has 0 heterocycles. The zero-order valence-corrected chi connectivity index (χ0v) is 14.6. The number of hydrogen-bond donors (Lipinski definition) is 1. The highest BCUT2D eigenvalue weighted by atomic mass is 16.4. The lowest BCUT2D eigenvalue weighted by atomic mass is 10.0. The number of carboxylic acid groups (broad SMARTS) is 1. The summed E-state index contributed by atoms with van der Waals surface area (Å²) in [5.41, 5.74) is 0. The molecule has 0 aliphatic heterocycles. The van der Waals surface area contributed by atoms with Crippen molar-refractivity contribution in [3.05, 3.63) is 24.3 Å². The first-order valence-corrected chi connectivity index (χ1v) is 9.33. The van der Waals surface area contributed by atoms with Crippen molar-refractivity contribution in [1.29, 1.82) is 0 Å². The standard InChI is InChI=1S/C20H36O2/c1-2-3-4-5-6-7-8-9-10-11-12-13-14-15-16-17-18-19-20(21)22/h16-19H,2-15H2,1H3,(H,21,22)/b17-16?,19-18-. The molecule has 0 aromatic rings. The Kier molecular flexibility index (Phi) is 17.1. The third-order valence-electron chi connectivity index (χ3n) is 3.96. The average molecular weight is 309 g/mol. The van der Waals surface area contributed by atoms with E-state index in [1.165, 1.54) is 89.5 Å². The van der Waals surface area contributed by atoms with Crippen LogP contribution in [0.5, 0.6) is 0 Å². The second-order valence-corrected chi connectivity index (χ2v) is 6.16. The van der Waals surface area contributed by atoms with Crippen LogP contribution in [-0.2, 0) is 4.79 Å². The Hall–Kier alpha value is -1.05. The third-order valence-corrected chi connectivity index (χ3v) is 3.96. The molecule has 0 spiro atoms. The summed E-state index contributed by atoms with van der Waals surface area (Å²) >= 11 is 0. The number of unbranched alkanes of at least 4 members (excludes halogenated alkanes) is 13. The van der Waals surface area contributed by atoms with Crippen LogP contribution in [0.1, 0.15) is 96.8 Å². The van der Waals surface area contributed by atoms with Gasteiger partial charge < -0.3 is 5.11 Å². The molecule has 0 saturated heterocycles. The summed E-state index contributed by atoms with van der Waals surface area (Å²) in [7, 11) is 0. The largest absolute Gasteiger partial charge is 0.478 e. The molecule has 0 unspecified atom stereocenters. The van der Waals surface area contributed by atoms with E-state index in [9.17, 15) is 4.79 Å². The van der Waals surface area contributed by atoms with E-state index in [0.29, 0.717) is 0 Å². The van der Waals surface area contributed by atoms with Crippen molar-refractivity contribution in [3.63, 3.8) is 0 Å². The summed E-state index contributed by atoms with van der Waals surface area (Å²) in [6.07, 6.45) is 25.6. The van der Waals surface area contributed by atoms with E-state index >= 15 is 0 Å². The van der Waals surface area contributed by atoms with E-state index in [1.807, 2.05) is 6.08 Å². The van der Waals surface area contributed by atoms with Crippen molar-refractivity contribution in [2.75, 3.05) is 0 Å². The molecule has 0 saturated carbocycles. The molecule has 0 radical (unpaired) electrons. The lowest BCUT2D eigenvalue weighted by molar-refractivity contribution is -0.131. The van der Waals surface area contributed by atoms with Gasteiger partial charge in [-0.2, -0.15) is 0 Å². The molecule has 128 valence electrons. The van der Waals surface area contributed by atoms with Gasteiger partial charge in [0, 0.05) is 6.08 Å². The Balaban J connectivity index is 3.10. The van der Waals surface area contributed by atoms with E-state index in [2.05, 4.69) is 13.0 Å². The highest BCUT2D eigenvalue weighted by Crippen LogP contribution is 2.12. The van der Waals surface area contributed by atoms with E-state index in [0.717, 1.165) is 6.42 Å². The minimum absolute atomic E-state index is 0.884. The van der Waals surface area contributed by atoms with Gasteiger partial charge in [0.25, 0.3) is 0 Å². The molecular formula is C20H36O2. The topological polar surface area (TPSA) is 37.3 Å². The minimum atomic E-state index is -0.884. The first-order chi connectivity index (χ1) is 10.8. The summed E-state index contributed by atoms with van der Waals surface area (Å²) < 4.78 is 0. The maximum Gasteiger partial charge on any atom is 0.328 e. The van der Waals surface area contributed by atoms with Crippen LogP contribution in [0.3, 0.4) is 0 Å². The molecule has 2 heteroatoms. The Morgan fingerprint density at radius 2 is 1.18 bits per heavy atom. The predicted molar refractivity (Wildman–Crippen MR) is 96.2 cm³/mol. The van der Waals surface area contributed by atoms with Crippen molar-refractivity contribution in [1.82, 2.24) is 0 Å². The summed E-state index contributed by atoms with van der Waals surface area (Å²) in [6, 6.07) is 0. The Labute approximate surface area is 137 Å². The van der Waals surface area contributed by atoms with Crippen LogP contribution in [0.25, 0.3) is 0 Å². The van der Waals surface area contributed by atoms with Gasteiger partial charge in [-0.25, -0.2) is 4.79 Å². The van der Waals surface area contributed by atoms with Gasteiger partial charge in [0.15, 0.2) is 0 Å². The number of carbonyl (C=O) groups is 1. The van der Waals surface area contributed by atoms with Crippen molar-refractivity contribution < 1.29 is 9.90 Å². The number of rotatable bonds is 16. The molecule has 2 nitrogen and oxygen atoms in total. The van der Waals surface area contributed by atoms with Crippen molar-refractivity contribution in [2.45, 2.75) is 96.8 Å². The summed E-state index contributed by atoms with van der Waals surface area (Å²) in [5.74, 6) is -0.884. The normalized spacial score (nSPS) is 11.7. The lowest BCUT2D eigenvalue weighted by Gasteiger charge is -2.02. The summed E-state index contributed by atoms with van der Waals surface area (Å²) in [6.45, 7) is 2.27. The smallest absolute Gasteiger partial charge is 0.328 e. The molecule has 0 bridgehead atoms. The van der Waals surface area contributed by atoms with Gasteiger partial charge in [-0.1, -0.05) is 102 Å². The van der Waals surface area contributed by atoms with Crippen LogP contribution in [-0.4, -0.2) is 11.1 Å². The number of aliphatic carboxylic acids is 1. The number of hydrogen-bond acceptors (Lipinski definition) is 1. The number of carboxylic acids is 1. The maximum absolute atomic E-state index is 10.2. The molecule has 1 N–H and O–H groups in total. The van der Waals surface area contributed by atoms with Crippen LogP contribution >= 0.6 is 0 Å². The molecule has 0 aliphatic carbocycles. The van der Waals surface area contributed by atoms with E-state index in [1.54, 1.807) is 6.08 Å². The van der Waals surface area contributed by atoms with Crippen molar-refractivity contribution >= 4 is 5.97 Å². The maximum atomic E-state index is 10.2. The lowest BCUT2D eigenvalue weighted by Crippen LogP contribution is -1.84. The van der Waals surface area contributed by atoms with Crippen LogP contribution in [0.4, 0.5) is 0 Å². The Morgan fingerprint density at radius 3 is 1.64 bits per heavy atom. The van der Waals surface area contributed by atoms with Crippen LogP contribution in [0, 0.1) is 0 Å². The molecule has 0 aromatic carbocycles. The zero-order valence-electron chi connectivity index (χ0n) is 14.6.